The fraction of sp³-hybridized carbons (Fsp3) is 0. The maximum Gasteiger partial charge on any atom is 0.114 e. The molecule has 0 saturated carbocycles. The Bertz CT molecular complexity index is 864. The summed E-state index contributed by atoms with van der Waals surface area (Å²) in [5.74, 6) is 0. The van der Waals surface area contributed by atoms with E-state index in [1.165, 1.54) is 38.4 Å². The van der Waals surface area contributed by atoms with E-state index in [1.807, 2.05) is 0 Å². The van der Waals surface area contributed by atoms with Crippen LogP contribution >= 0.6 is 79.6 Å². The zero-order valence-electron chi connectivity index (χ0n) is 10.3. The van der Waals surface area contributed by atoms with Crippen molar-refractivity contribution >= 4 is 90.6 Å². The minimum absolute atomic E-state index is 1.01. The van der Waals surface area contributed by atoms with E-state index >= 15 is 0 Å². The van der Waals surface area contributed by atoms with E-state index in [4.69, 9.17) is 0 Å². The summed E-state index contributed by atoms with van der Waals surface area (Å²) >= 11 is 9.58. The van der Waals surface area contributed by atoms with Crippen molar-refractivity contribution in [2.45, 2.75) is 0 Å². The van der Waals surface area contributed by atoms with Crippen LogP contribution in [-0.2, 0) is 0 Å². The Morgan fingerprint density at radius 2 is 1.14 bits per heavy atom. The Hall–Kier alpha value is -0.100. The van der Waals surface area contributed by atoms with Gasteiger partial charge in [-0.15, -0.1) is 22.7 Å². The normalized spacial score (nSPS) is 11.3. The number of rotatable bonds is 2. The van der Waals surface area contributed by atoms with Gasteiger partial charge < -0.3 is 0 Å². The molecule has 2 nitrogen and oxygen atoms in total. The number of hydrogen-bond donors (Lipinski definition) is 0. The van der Waals surface area contributed by atoms with Gasteiger partial charge in [0.15, 0.2) is 0 Å². The molecule has 0 aliphatic rings. The van der Waals surface area contributed by atoms with Crippen LogP contribution in [0.15, 0.2) is 36.4 Å². The first-order chi connectivity index (χ1) is 10.2. The molecule has 1 aromatic carbocycles. The Labute approximate surface area is 160 Å². The SMILES string of the molecule is Ic1ccc(-c2ccc(-c3ccc(I)s3)c3nsnc23)s1. The molecule has 0 N–H and O–H groups in total. The van der Waals surface area contributed by atoms with Gasteiger partial charge in [0, 0.05) is 20.9 Å². The third-order valence-corrected chi connectivity index (χ3v) is 7.48. The lowest BCUT2D eigenvalue weighted by Gasteiger charge is -2.03. The van der Waals surface area contributed by atoms with Crippen LogP contribution in [0, 0.1) is 5.77 Å². The maximum absolute atomic E-state index is 4.53. The van der Waals surface area contributed by atoms with Crippen molar-refractivity contribution in [3.8, 4) is 20.9 Å². The smallest absolute Gasteiger partial charge is 0.114 e. The molecule has 0 saturated heterocycles. The van der Waals surface area contributed by atoms with Crippen LogP contribution in [0.1, 0.15) is 0 Å². The molecule has 7 heteroatoms. The predicted molar refractivity (Wildman–Crippen MR) is 109 cm³/mol. The van der Waals surface area contributed by atoms with E-state index in [9.17, 15) is 0 Å². The molecule has 0 bridgehead atoms. The molecular weight excluding hydrogens is 546 g/mol. The van der Waals surface area contributed by atoms with Crippen LogP contribution in [0.4, 0.5) is 0 Å². The summed E-state index contributed by atoms with van der Waals surface area (Å²) in [6.45, 7) is 0. The Balaban J connectivity index is 1.96. The van der Waals surface area contributed by atoms with Crippen LogP contribution < -0.4 is 0 Å². The molecule has 0 amide bonds. The number of halogens is 2. The summed E-state index contributed by atoms with van der Waals surface area (Å²) in [4.78, 5) is 2.51. The Morgan fingerprint density at radius 3 is 1.52 bits per heavy atom. The van der Waals surface area contributed by atoms with E-state index in [0.717, 1.165) is 11.0 Å². The van der Waals surface area contributed by atoms with Gasteiger partial charge in [-0.2, -0.15) is 8.75 Å². The highest BCUT2D eigenvalue weighted by atomic mass is 127. The van der Waals surface area contributed by atoms with Gasteiger partial charge in [-0.3, -0.25) is 0 Å². The van der Waals surface area contributed by atoms with Crippen molar-refractivity contribution in [3.05, 3.63) is 42.2 Å². The van der Waals surface area contributed by atoms with Crippen molar-refractivity contribution in [2.24, 2.45) is 0 Å². The molecule has 4 rings (SSSR count). The third-order valence-electron chi connectivity index (χ3n) is 3.09. The van der Waals surface area contributed by atoms with Gasteiger partial charge in [0.2, 0.25) is 0 Å². The Morgan fingerprint density at radius 1 is 0.667 bits per heavy atom. The average Bonchev–Trinajstić information content (AvgIpc) is 3.18. The van der Waals surface area contributed by atoms with Crippen molar-refractivity contribution < 1.29 is 0 Å². The average molecular weight is 552 g/mol. The van der Waals surface area contributed by atoms with Crippen LogP contribution in [0.2, 0.25) is 0 Å². The highest BCUT2D eigenvalue weighted by Crippen LogP contribution is 2.39. The molecule has 21 heavy (non-hydrogen) atoms. The monoisotopic (exact) mass is 552 g/mol. The van der Waals surface area contributed by atoms with Crippen molar-refractivity contribution in [2.75, 3.05) is 0 Å². The number of benzene rings is 1. The zero-order chi connectivity index (χ0) is 14.4. The maximum atomic E-state index is 4.53. The van der Waals surface area contributed by atoms with E-state index in [2.05, 4.69) is 90.3 Å². The van der Waals surface area contributed by atoms with E-state index in [1.54, 1.807) is 22.7 Å². The van der Waals surface area contributed by atoms with Gasteiger partial charge in [0.25, 0.3) is 0 Å². The summed E-state index contributed by atoms with van der Waals surface area (Å²) in [5.41, 5.74) is 4.39. The molecule has 0 radical (unpaired) electrons. The highest BCUT2D eigenvalue weighted by molar-refractivity contribution is 14.1. The fourth-order valence-corrected chi connectivity index (χ4v) is 6.05. The van der Waals surface area contributed by atoms with Crippen molar-refractivity contribution in [1.82, 2.24) is 8.75 Å². The lowest BCUT2D eigenvalue weighted by atomic mass is 10.1. The number of fused-ring (bicyclic) bond motifs is 1. The Kier molecular flexibility index (Phi) is 4.03. The highest BCUT2D eigenvalue weighted by Gasteiger charge is 2.15. The van der Waals surface area contributed by atoms with Crippen LogP contribution in [-0.4, -0.2) is 8.75 Å². The predicted octanol–water partition coefficient (Wildman–Crippen LogP) is 6.36. The topological polar surface area (TPSA) is 25.8 Å². The molecule has 0 fully saturated rings. The lowest BCUT2D eigenvalue weighted by Crippen LogP contribution is -1.81. The minimum atomic E-state index is 1.01. The van der Waals surface area contributed by atoms with Gasteiger partial charge in [0.05, 0.1) is 17.5 Å². The second-order valence-corrected chi connectivity index (χ2v) is 10.8. The number of aromatic nitrogens is 2. The zero-order valence-corrected chi connectivity index (χ0v) is 17.1. The van der Waals surface area contributed by atoms with Crippen LogP contribution in [0.5, 0.6) is 0 Å². The largest absolute Gasteiger partial charge is 0.172 e. The number of thiophene rings is 2. The summed E-state index contributed by atoms with van der Waals surface area (Å²) in [6.07, 6.45) is 0. The fourth-order valence-electron chi connectivity index (χ4n) is 2.18. The molecule has 3 aromatic heterocycles. The molecule has 104 valence electrons. The standard InChI is InChI=1S/C14H6I2N2S3/c15-11-5-3-9(19-11)7-1-2-8(10-4-6-12(16)20-10)14-13(7)17-21-18-14/h1-6H. The van der Waals surface area contributed by atoms with Gasteiger partial charge >= 0.3 is 0 Å². The van der Waals surface area contributed by atoms with E-state index in [-0.39, 0.29) is 0 Å². The second kappa shape index (κ2) is 5.84. The van der Waals surface area contributed by atoms with Crippen LogP contribution in [0.25, 0.3) is 31.9 Å². The van der Waals surface area contributed by atoms with Crippen LogP contribution in [0.3, 0.4) is 0 Å². The van der Waals surface area contributed by atoms with Gasteiger partial charge in [-0.05, 0) is 69.4 Å². The van der Waals surface area contributed by atoms with Crippen molar-refractivity contribution in [3.63, 3.8) is 0 Å². The number of hydrogen-bond acceptors (Lipinski definition) is 5. The van der Waals surface area contributed by atoms with E-state index in [0.29, 0.717) is 0 Å². The molecule has 0 aliphatic carbocycles. The molecule has 3 heterocycles. The molecule has 0 unspecified atom stereocenters. The molecule has 0 atom stereocenters. The van der Waals surface area contributed by atoms with Gasteiger partial charge in [0.1, 0.15) is 11.0 Å². The molecular formula is C14H6I2N2S3. The van der Waals surface area contributed by atoms with Crippen molar-refractivity contribution in [1.29, 1.82) is 0 Å². The summed E-state index contributed by atoms with van der Waals surface area (Å²) < 4.78 is 11.6. The molecule has 0 aliphatic heterocycles. The third kappa shape index (κ3) is 2.67. The van der Waals surface area contributed by atoms with Gasteiger partial charge in [-0.1, -0.05) is 12.1 Å². The minimum Gasteiger partial charge on any atom is -0.172 e. The van der Waals surface area contributed by atoms with Gasteiger partial charge in [-0.25, -0.2) is 0 Å². The quantitative estimate of drug-likeness (QED) is 0.271. The summed E-state index contributed by atoms with van der Waals surface area (Å²) in [6, 6.07) is 13.0. The summed E-state index contributed by atoms with van der Waals surface area (Å²) in [7, 11) is 0. The first-order valence-corrected chi connectivity index (χ1v) is 10.5. The lowest BCUT2D eigenvalue weighted by molar-refractivity contribution is 1.63. The second-order valence-electron chi connectivity index (χ2n) is 4.33. The molecule has 4 aromatic rings. The molecule has 0 spiro atoms. The first-order valence-electron chi connectivity index (χ1n) is 5.99. The number of nitrogens with zero attached hydrogens (tertiary/aromatic N) is 2. The van der Waals surface area contributed by atoms with E-state index < -0.39 is 0 Å². The first kappa shape index (κ1) is 14.5. The summed E-state index contributed by atoms with van der Waals surface area (Å²) in [5, 5.41) is 0.